The number of nitrogens with one attached hydrogen (secondary N) is 1. The molecule has 0 atom stereocenters. The molecule has 0 bridgehead atoms. The molecule has 11 nitrogen and oxygen atoms in total. The van der Waals surface area contributed by atoms with Crippen LogP contribution in [0.25, 0.3) is 0 Å². The van der Waals surface area contributed by atoms with E-state index in [2.05, 4.69) is 5.32 Å². The Hall–Kier alpha value is -4.02. The molecule has 0 aliphatic rings. The fourth-order valence-corrected chi connectivity index (χ4v) is 2.93. The molecule has 11 heteroatoms. The largest absolute Gasteiger partial charge is 0.493 e. The summed E-state index contributed by atoms with van der Waals surface area (Å²) in [4.78, 5) is 35.1. The quantitative estimate of drug-likeness (QED) is 0.287. The van der Waals surface area contributed by atoms with Crippen molar-refractivity contribution in [3.63, 3.8) is 0 Å². The van der Waals surface area contributed by atoms with Crippen molar-refractivity contribution in [1.29, 1.82) is 0 Å². The summed E-state index contributed by atoms with van der Waals surface area (Å²) in [5, 5.41) is 14.0. The van der Waals surface area contributed by atoms with Crippen molar-refractivity contribution in [2.24, 2.45) is 0 Å². The zero-order valence-electron chi connectivity index (χ0n) is 18.8. The molecule has 2 aromatic rings. The summed E-state index contributed by atoms with van der Waals surface area (Å²) >= 11 is 0. The molecule has 0 spiro atoms. The third-order valence-electron chi connectivity index (χ3n) is 4.52. The van der Waals surface area contributed by atoms with Gasteiger partial charge < -0.3 is 29.0 Å². The van der Waals surface area contributed by atoms with E-state index in [0.29, 0.717) is 17.9 Å². The summed E-state index contributed by atoms with van der Waals surface area (Å²) in [5.74, 6) is -0.157. The van der Waals surface area contributed by atoms with Crippen LogP contribution in [0.5, 0.6) is 23.0 Å². The van der Waals surface area contributed by atoms with Crippen molar-refractivity contribution < 1.29 is 38.2 Å². The van der Waals surface area contributed by atoms with Crippen LogP contribution < -0.4 is 24.3 Å². The lowest BCUT2D eigenvalue weighted by molar-refractivity contribution is -0.385. The molecule has 2 rings (SSSR count). The van der Waals surface area contributed by atoms with Gasteiger partial charge in [-0.1, -0.05) is 6.07 Å². The molecule has 0 saturated heterocycles. The molecular formula is C22H26N2O9. The van der Waals surface area contributed by atoms with Gasteiger partial charge in [0.2, 0.25) is 0 Å². The standard InChI is InChI=1S/C22H26N2O9/c1-5-32-20-11-15(16(24(27)28)12-19(20)31-4)22(26)33-13-21(25)23-9-8-14-6-7-17(29-2)18(10-14)30-3/h6-7,10-12H,5,8-9,13H2,1-4H3,(H,23,25). The van der Waals surface area contributed by atoms with Crippen LogP contribution in [0.15, 0.2) is 30.3 Å². The number of rotatable bonds is 12. The number of carbonyl (C=O) groups is 2. The van der Waals surface area contributed by atoms with Gasteiger partial charge in [-0.05, 0) is 31.0 Å². The normalized spacial score (nSPS) is 10.2. The van der Waals surface area contributed by atoms with Gasteiger partial charge in [0, 0.05) is 12.6 Å². The first-order valence-corrected chi connectivity index (χ1v) is 9.98. The summed E-state index contributed by atoms with van der Waals surface area (Å²) in [6.07, 6.45) is 0.502. The Balaban J connectivity index is 1.96. The summed E-state index contributed by atoms with van der Waals surface area (Å²) < 4.78 is 25.8. The number of ether oxygens (including phenoxy) is 5. The van der Waals surface area contributed by atoms with Gasteiger partial charge in [-0.2, -0.15) is 0 Å². The number of nitrogens with zero attached hydrogens (tertiary/aromatic N) is 1. The van der Waals surface area contributed by atoms with Crippen molar-refractivity contribution in [3.8, 4) is 23.0 Å². The number of esters is 1. The van der Waals surface area contributed by atoms with E-state index >= 15 is 0 Å². The van der Waals surface area contributed by atoms with Crippen LogP contribution in [0.2, 0.25) is 0 Å². The Kier molecular flexibility index (Phi) is 9.28. The van der Waals surface area contributed by atoms with E-state index in [1.165, 1.54) is 21.3 Å². The molecule has 0 radical (unpaired) electrons. The average Bonchev–Trinajstić information content (AvgIpc) is 2.82. The number of hydrogen-bond acceptors (Lipinski definition) is 9. The molecule has 0 unspecified atom stereocenters. The van der Waals surface area contributed by atoms with Crippen molar-refractivity contribution in [2.45, 2.75) is 13.3 Å². The predicted octanol–water partition coefficient (Wildman–Crippen LogP) is 2.54. The number of methoxy groups -OCH3 is 3. The lowest BCUT2D eigenvalue weighted by atomic mass is 10.1. The lowest BCUT2D eigenvalue weighted by Crippen LogP contribution is -2.30. The monoisotopic (exact) mass is 462 g/mol. The highest BCUT2D eigenvalue weighted by Gasteiger charge is 2.26. The highest BCUT2D eigenvalue weighted by molar-refractivity contribution is 5.96. The zero-order valence-corrected chi connectivity index (χ0v) is 18.8. The summed E-state index contributed by atoms with van der Waals surface area (Å²) in [6, 6.07) is 7.63. The fraction of sp³-hybridized carbons (Fsp3) is 0.364. The number of nitro groups is 1. The van der Waals surface area contributed by atoms with Gasteiger partial charge >= 0.3 is 5.97 Å². The minimum Gasteiger partial charge on any atom is -0.493 e. The van der Waals surface area contributed by atoms with Crippen LogP contribution in [0, 0.1) is 10.1 Å². The van der Waals surface area contributed by atoms with Crippen LogP contribution in [0.3, 0.4) is 0 Å². The highest BCUT2D eigenvalue weighted by atomic mass is 16.6. The van der Waals surface area contributed by atoms with Crippen molar-refractivity contribution in [3.05, 3.63) is 51.6 Å². The molecule has 0 fully saturated rings. The van der Waals surface area contributed by atoms with Crippen LogP contribution >= 0.6 is 0 Å². The number of amides is 1. The predicted molar refractivity (Wildman–Crippen MR) is 117 cm³/mol. The molecule has 0 aromatic heterocycles. The topological polar surface area (TPSA) is 135 Å². The van der Waals surface area contributed by atoms with E-state index < -0.39 is 29.1 Å². The number of hydrogen-bond donors (Lipinski definition) is 1. The van der Waals surface area contributed by atoms with E-state index in [-0.39, 0.29) is 30.2 Å². The maximum atomic E-state index is 12.4. The van der Waals surface area contributed by atoms with E-state index in [9.17, 15) is 19.7 Å². The van der Waals surface area contributed by atoms with Gasteiger partial charge in [0.25, 0.3) is 11.6 Å². The first-order valence-electron chi connectivity index (χ1n) is 9.98. The third-order valence-corrected chi connectivity index (χ3v) is 4.52. The summed E-state index contributed by atoms with van der Waals surface area (Å²) in [5.41, 5.74) is 0.0406. The van der Waals surface area contributed by atoms with Gasteiger partial charge in [0.1, 0.15) is 5.56 Å². The zero-order chi connectivity index (χ0) is 24.4. The second kappa shape index (κ2) is 12.1. The van der Waals surface area contributed by atoms with Crippen LogP contribution in [-0.2, 0) is 16.0 Å². The second-order valence-electron chi connectivity index (χ2n) is 6.58. The maximum absolute atomic E-state index is 12.4. The Morgan fingerprint density at radius 3 is 2.24 bits per heavy atom. The van der Waals surface area contributed by atoms with Crippen molar-refractivity contribution >= 4 is 17.6 Å². The first kappa shape index (κ1) is 25.2. The number of nitro benzene ring substituents is 1. The SMILES string of the molecule is CCOc1cc(C(=O)OCC(=O)NCCc2ccc(OC)c(OC)c2)c([N+](=O)[O-])cc1OC. The Morgan fingerprint density at radius 2 is 1.64 bits per heavy atom. The molecule has 0 saturated carbocycles. The van der Waals surface area contributed by atoms with Gasteiger partial charge in [-0.3, -0.25) is 14.9 Å². The van der Waals surface area contributed by atoms with E-state index in [4.69, 9.17) is 23.7 Å². The fourth-order valence-electron chi connectivity index (χ4n) is 2.93. The van der Waals surface area contributed by atoms with Gasteiger partial charge in [-0.15, -0.1) is 0 Å². The number of benzene rings is 2. The molecular weight excluding hydrogens is 436 g/mol. The van der Waals surface area contributed by atoms with Gasteiger partial charge in [0.05, 0.1) is 38.9 Å². The average molecular weight is 462 g/mol. The van der Waals surface area contributed by atoms with Gasteiger partial charge in [-0.25, -0.2) is 4.79 Å². The molecule has 178 valence electrons. The first-order chi connectivity index (χ1) is 15.8. The van der Waals surface area contributed by atoms with Crippen molar-refractivity contribution in [1.82, 2.24) is 5.32 Å². The third kappa shape index (κ3) is 6.73. The van der Waals surface area contributed by atoms with E-state index in [1.54, 1.807) is 19.1 Å². The second-order valence-corrected chi connectivity index (χ2v) is 6.58. The van der Waals surface area contributed by atoms with Gasteiger partial charge in [0.15, 0.2) is 29.6 Å². The Labute approximate surface area is 190 Å². The minimum absolute atomic E-state index is 0.105. The maximum Gasteiger partial charge on any atom is 0.345 e. The van der Waals surface area contributed by atoms with Crippen molar-refractivity contribution in [2.75, 3.05) is 41.1 Å². The molecule has 1 N–H and O–H groups in total. The molecule has 1 amide bonds. The van der Waals surface area contributed by atoms with Crippen LogP contribution in [-0.4, -0.2) is 57.9 Å². The summed E-state index contributed by atoms with van der Waals surface area (Å²) in [6.45, 7) is 1.65. The summed E-state index contributed by atoms with van der Waals surface area (Å²) in [7, 11) is 4.39. The molecule has 0 aliphatic heterocycles. The number of carbonyl (C=O) groups excluding carboxylic acids is 2. The molecule has 0 heterocycles. The smallest absolute Gasteiger partial charge is 0.345 e. The van der Waals surface area contributed by atoms with E-state index in [0.717, 1.165) is 17.7 Å². The Bertz CT molecular complexity index is 1010. The lowest BCUT2D eigenvalue weighted by Gasteiger charge is -2.12. The van der Waals surface area contributed by atoms with Crippen LogP contribution in [0.4, 0.5) is 5.69 Å². The molecule has 2 aromatic carbocycles. The minimum atomic E-state index is -1.03. The van der Waals surface area contributed by atoms with E-state index in [1.807, 2.05) is 6.07 Å². The molecule has 33 heavy (non-hydrogen) atoms. The Morgan fingerprint density at radius 1 is 0.970 bits per heavy atom. The highest BCUT2D eigenvalue weighted by Crippen LogP contribution is 2.35. The molecule has 0 aliphatic carbocycles. The van der Waals surface area contributed by atoms with Crippen LogP contribution in [0.1, 0.15) is 22.8 Å².